The van der Waals surface area contributed by atoms with Crippen LogP contribution in [0, 0.1) is 18.8 Å². The highest BCUT2D eigenvalue weighted by Crippen LogP contribution is 2.29. The third-order valence-corrected chi connectivity index (χ3v) is 4.41. The fraction of sp³-hybridized carbons (Fsp3) is 0.625. The summed E-state index contributed by atoms with van der Waals surface area (Å²) >= 11 is 0. The van der Waals surface area contributed by atoms with E-state index in [2.05, 4.69) is 29.5 Å². The number of anilines is 1. The van der Waals surface area contributed by atoms with Gasteiger partial charge in [0, 0.05) is 24.3 Å². The summed E-state index contributed by atoms with van der Waals surface area (Å²) in [5, 5.41) is 6.16. The van der Waals surface area contributed by atoms with Gasteiger partial charge in [0.15, 0.2) is 0 Å². The molecular formula is C16H25N3O. The first-order valence-electron chi connectivity index (χ1n) is 7.47. The van der Waals surface area contributed by atoms with E-state index in [1.54, 1.807) is 6.07 Å². The van der Waals surface area contributed by atoms with Crippen molar-refractivity contribution in [3.63, 3.8) is 0 Å². The second kappa shape index (κ2) is 6.25. The van der Waals surface area contributed by atoms with Gasteiger partial charge >= 0.3 is 0 Å². The first-order chi connectivity index (χ1) is 9.49. The van der Waals surface area contributed by atoms with Gasteiger partial charge in [0.25, 0.3) is 5.91 Å². The van der Waals surface area contributed by atoms with Gasteiger partial charge in [0.05, 0.1) is 0 Å². The summed E-state index contributed by atoms with van der Waals surface area (Å²) in [6, 6.07) is 3.95. The van der Waals surface area contributed by atoms with Gasteiger partial charge in [-0.05, 0) is 50.2 Å². The Labute approximate surface area is 121 Å². The van der Waals surface area contributed by atoms with E-state index in [9.17, 15) is 4.79 Å². The predicted molar refractivity (Wildman–Crippen MR) is 82.0 cm³/mol. The summed E-state index contributed by atoms with van der Waals surface area (Å²) in [5.41, 5.74) is 1.54. The molecule has 3 atom stereocenters. The Balaban J connectivity index is 2.03. The Morgan fingerprint density at radius 2 is 2.00 bits per heavy atom. The average Bonchev–Trinajstić information content (AvgIpc) is 2.42. The highest BCUT2D eigenvalue weighted by Gasteiger charge is 2.25. The zero-order chi connectivity index (χ0) is 14.7. The Morgan fingerprint density at radius 3 is 2.65 bits per heavy atom. The van der Waals surface area contributed by atoms with Crippen LogP contribution in [0.4, 0.5) is 5.82 Å². The van der Waals surface area contributed by atoms with Crippen molar-refractivity contribution >= 4 is 11.7 Å². The van der Waals surface area contributed by atoms with Crippen molar-refractivity contribution in [1.29, 1.82) is 0 Å². The lowest BCUT2D eigenvalue weighted by Gasteiger charge is -2.32. The van der Waals surface area contributed by atoms with E-state index in [-0.39, 0.29) is 5.91 Å². The predicted octanol–water partition coefficient (Wildman–Crippen LogP) is 2.99. The van der Waals surface area contributed by atoms with Crippen LogP contribution in [-0.4, -0.2) is 24.0 Å². The van der Waals surface area contributed by atoms with Crippen LogP contribution in [-0.2, 0) is 0 Å². The number of rotatable bonds is 3. The van der Waals surface area contributed by atoms with Crippen molar-refractivity contribution in [3.05, 3.63) is 23.4 Å². The zero-order valence-corrected chi connectivity index (χ0v) is 12.9. The van der Waals surface area contributed by atoms with Gasteiger partial charge in [-0.25, -0.2) is 4.98 Å². The largest absolute Gasteiger partial charge is 0.373 e. The van der Waals surface area contributed by atoms with Crippen molar-refractivity contribution < 1.29 is 4.79 Å². The SMILES string of the molecule is CNc1cc(C(=O)NC2CCC(C)C(C)C2)cc(C)n1. The molecule has 1 aromatic heterocycles. The number of hydrogen-bond donors (Lipinski definition) is 2. The molecule has 0 aromatic carbocycles. The third-order valence-electron chi connectivity index (χ3n) is 4.41. The van der Waals surface area contributed by atoms with E-state index in [4.69, 9.17) is 0 Å². The van der Waals surface area contributed by atoms with Crippen molar-refractivity contribution in [2.45, 2.75) is 46.1 Å². The van der Waals surface area contributed by atoms with Crippen molar-refractivity contribution in [3.8, 4) is 0 Å². The van der Waals surface area contributed by atoms with Crippen LogP contribution in [0.15, 0.2) is 12.1 Å². The van der Waals surface area contributed by atoms with Gasteiger partial charge in [-0.3, -0.25) is 4.79 Å². The molecule has 1 saturated carbocycles. The Hall–Kier alpha value is -1.58. The van der Waals surface area contributed by atoms with Crippen LogP contribution in [0.5, 0.6) is 0 Å². The fourth-order valence-corrected chi connectivity index (χ4v) is 2.88. The molecule has 1 heterocycles. The standard InChI is InChI=1S/C16H25N3O/c1-10-5-6-14(7-11(10)2)19-16(20)13-8-12(3)18-15(9-13)17-4/h8-11,14H,5-7H2,1-4H3,(H,17,18)(H,19,20). The molecule has 20 heavy (non-hydrogen) atoms. The van der Waals surface area contributed by atoms with E-state index in [1.807, 2.05) is 20.0 Å². The fourth-order valence-electron chi connectivity index (χ4n) is 2.88. The second-order valence-corrected chi connectivity index (χ2v) is 6.07. The third kappa shape index (κ3) is 3.50. The minimum atomic E-state index is 0.0127. The van der Waals surface area contributed by atoms with E-state index in [0.717, 1.165) is 30.3 Å². The van der Waals surface area contributed by atoms with Gasteiger partial charge in [-0.15, -0.1) is 0 Å². The number of hydrogen-bond acceptors (Lipinski definition) is 3. The number of aryl methyl sites for hydroxylation is 1. The molecule has 0 spiro atoms. The summed E-state index contributed by atoms with van der Waals surface area (Å²) in [5.74, 6) is 2.20. The number of amides is 1. The molecule has 1 aromatic rings. The molecule has 4 nitrogen and oxygen atoms in total. The maximum atomic E-state index is 12.4. The van der Waals surface area contributed by atoms with Gasteiger partial charge in [-0.2, -0.15) is 0 Å². The van der Waals surface area contributed by atoms with Crippen LogP contribution in [0.3, 0.4) is 0 Å². The maximum absolute atomic E-state index is 12.4. The van der Waals surface area contributed by atoms with Gasteiger partial charge < -0.3 is 10.6 Å². The highest BCUT2D eigenvalue weighted by atomic mass is 16.1. The molecule has 1 amide bonds. The summed E-state index contributed by atoms with van der Waals surface area (Å²) in [7, 11) is 1.81. The molecule has 1 aliphatic carbocycles. The smallest absolute Gasteiger partial charge is 0.251 e. The van der Waals surface area contributed by atoms with Crippen LogP contribution in [0.1, 0.15) is 49.2 Å². The molecule has 3 unspecified atom stereocenters. The molecule has 110 valence electrons. The molecule has 0 saturated heterocycles. The van der Waals surface area contributed by atoms with Gasteiger partial charge in [0.2, 0.25) is 0 Å². The number of nitrogens with zero attached hydrogens (tertiary/aromatic N) is 1. The molecule has 0 radical (unpaired) electrons. The molecule has 2 N–H and O–H groups in total. The average molecular weight is 275 g/mol. The molecule has 0 aliphatic heterocycles. The number of carbonyl (C=O) groups excluding carboxylic acids is 1. The molecule has 4 heteroatoms. The number of nitrogens with one attached hydrogen (secondary N) is 2. The lowest BCUT2D eigenvalue weighted by atomic mass is 9.79. The minimum absolute atomic E-state index is 0.0127. The van der Waals surface area contributed by atoms with E-state index in [0.29, 0.717) is 17.5 Å². The molecule has 1 aliphatic rings. The van der Waals surface area contributed by atoms with Crippen molar-refractivity contribution in [1.82, 2.24) is 10.3 Å². The molecule has 2 rings (SSSR count). The summed E-state index contributed by atoms with van der Waals surface area (Å²) in [4.78, 5) is 16.7. The number of pyridine rings is 1. The summed E-state index contributed by atoms with van der Waals surface area (Å²) in [6.07, 6.45) is 3.36. The number of carbonyl (C=O) groups is 1. The summed E-state index contributed by atoms with van der Waals surface area (Å²) < 4.78 is 0. The van der Waals surface area contributed by atoms with Crippen molar-refractivity contribution in [2.24, 2.45) is 11.8 Å². The molecular weight excluding hydrogens is 250 g/mol. The monoisotopic (exact) mass is 275 g/mol. The Morgan fingerprint density at radius 1 is 1.25 bits per heavy atom. The normalized spacial score (nSPS) is 26.1. The first kappa shape index (κ1) is 14.8. The number of aromatic nitrogens is 1. The molecule has 1 fully saturated rings. The highest BCUT2D eigenvalue weighted by molar-refractivity contribution is 5.95. The first-order valence-corrected chi connectivity index (χ1v) is 7.47. The van der Waals surface area contributed by atoms with Gasteiger partial charge in [-0.1, -0.05) is 13.8 Å². The van der Waals surface area contributed by atoms with Crippen LogP contribution in [0.2, 0.25) is 0 Å². The minimum Gasteiger partial charge on any atom is -0.373 e. The topological polar surface area (TPSA) is 54.0 Å². The van der Waals surface area contributed by atoms with Crippen LogP contribution in [0.25, 0.3) is 0 Å². The van der Waals surface area contributed by atoms with Crippen LogP contribution >= 0.6 is 0 Å². The lowest BCUT2D eigenvalue weighted by Crippen LogP contribution is -2.39. The van der Waals surface area contributed by atoms with E-state index in [1.165, 1.54) is 6.42 Å². The quantitative estimate of drug-likeness (QED) is 0.891. The Bertz CT molecular complexity index is 487. The zero-order valence-electron chi connectivity index (χ0n) is 12.9. The molecule has 0 bridgehead atoms. The van der Waals surface area contributed by atoms with Crippen molar-refractivity contribution in [2.75, 3.05) is 12.4 Å². The second-order valence-electron chi connectivity index (χ2n) is 6.07. The lowest BCUT2D eigenvalue weighted by molar-refractivity contribution is 0.0910. The van der Waals surface area contributed by atoms with Crippen LogP contribution < -0.4 is 10.6 Å². The maximum Gasteiger partial charge on any atom is 0.251 e. The summed E-state index contributed by atoms with van der Waals surface area (Å²) in [6.45, 7) is 6.48. The van der Waals surface area contributed by atoms with Gasteiger partial charge in [0.1, 0.15) is 5.82 Å². The van der Waals surface area contributed by atoms with E-state index >= 15 is 0 Å². The Kier molecular flexibility index (Phi) is 4.63. The van der Waals surface area contributed by atoms with E-state index < -0.39 is 0 Å².